The largest absolute Gasteiger partial charge is 0.355 e. The highest BCUT2D eigenvalue weighted by atomic mass is 32.2. The fraction of sp³-hybridized carbons (Fsp3) is 0.571. The molecular weight excluding hydrogens is 358 g/mol. The molecule has 1 N–H and O–H groups in total. The maximum atomic E-state index is 13.3. The van der Waals surface area contributed by atoms with Crippen molar-refractivity contribution in [3.63, 3.8) is 0 Å². The molecule has 1 aromatic carbocycles. The first-order valence-electron chi connectivity index (χ1n) is 9.93. The lowest BCUT2D eigenvalue weighted by molar-refractivity contribution is -0.118. The van der Waals surface area contributed by atoms with Crippen LogP contribution in [0.5, 0.6) is 0 Å². The molecule has 0 saturated heterocycles. The minimum atomic E-state index is -0.0131. The zero-order valence-corrected chi connectivity index (χ0v) is 17.2. The Hall–Kier alpha value is -1.82. The number of benzene rings is 1. The Morgan fingerprint density at radius 3 is 2.85 bits per heavy atom. The molecule has 27 heavy (non-hydrogen) atoms. The van der Waals surface area contributed by atoms with Crippen LogP contribution in [0.4, 0.5) is 0 Å². The number of thioether (sulfide) groups is 1. The van der Waals surface area contributed by atoms with Crippen LogP contribution in [0.1, 0.15) is 52.5 Å². The number of nitrogens with one attached hydrogen (secondary N) is 1. The normalized spacial score (nSPS) is 22.7. The topological polar surface area (TPSA) is 64.0 Å². The summed E-state index contributed by atoms with van der Waals surface area (Å²) in [6.45, 7) is 7.20. The molecule has 0 bridgehead atoms. The van der Waals surface area contributed by atoms with Gasteiger partial charge < -0.3 is 5.32 Å². The second-order valence-corrected chi connectivity index (χ2v) is 8.50. The van der Waals surface area contributed by atoms with Gasteiger partial charge in [0.15, 0.2) is 5.16 Å². The Labute approximate surface area is 164 Å². The second kappa shape index (κ2) is 8.91. The monoisotopic (exact) mass is 387 g/mol. The number of nitrogens with zero attached hydrogens (tertiary/aromatic N) is 2. The summed E-state index contributed by atoms with van der Waals surface area (Å²) in [5, 5.41) is 4.21. The highest BCUT2D eigenvalue weighted by molar-refractivity contribution is 7.99. The Morgan fingerprint density at radius 1 is 1.30 bits per heavy atom. The van der Waals surface area contributed by atoms with Crippen LogP contribution in [0.15, 0.2) is 34.2 Å². The molecule has 146 valence electrons. The summed E-state index contributed by atoms with van der Waals surface area (Å²) in [6, 6.07) is 7.63. The minimum Gasteiger partial charge on any atom is -0.355 e. The van der Waals surface area contributed by atoms with Gasteiger partial charge in [-0.1, -0.05) is 57.5 Å². The number of hydrogen-bond donors (Lipinski definition) is 1. The van der Waals surface area contributed by atoms with E-state index in [-0.39, 0.29) is 23.3 Å². The van der Waals surface area contributed by atoms with E-state index in [2.05, 4.69) is 19.2 Å². The first-order chi connectivity index (χ1) is 13.0. The number of fused-ring (bicyclic) bond motifs is 1. The zero-order valence-electron chi connectivity index (χ0n) is 16.4. The van der Waals surface area contributed by atoms with Gasteiger partial charge in [0.25, 0.3) is 5.56 Å². The molecule has 1 aromatic heterocycles. The standard InChI is InChI=1S/C21H29N3O2S/c1-4-12-22-19(25)13-27-21-23-17-10-6-5-9-16(17)20(26)24(21)18-11-7-8-14(2)15(18)3/h5-6,9-10,14-15,18H,4,7-8,11-13H2,1-3H3,(H,22,25)/t14-,15+,18+/m1/s1. The van der Waals surface area contributed by atoms with E-state index in [1.54, 1.807) is 0 Å². The smallest absolute Gasteiger partial charge is 0.262 e. The van der Waals surface area contributed by atoms with Gasteiger partial charge in [0.05, 0.1) is 16.7 Å². The number of rotatable bonds is 6. The van der Waals surface area contributed by atoms with Gasteiger partial charge in [-0.25, -0.2) is 4.98 Å². The summed E-state index contributed by atoms with van der Waals surface area (Å²) in [4.78, 5) is 30.2. The molecule has 5 nitrogen and oxygen atoms in total. The van der Waals surface area contributed by atoms with Gasteiger partial charge in [0.1, 0.15) is 0 Å². The van der Waals surface area contributed by atoms with E-state index in [0.717, 1.165) is 19.3 Å². The SMILES string of the molecule is CCCNC(=O)CSc1nc2ccccc2c(=O)n1[C@H]1CCC[C@@H](C)[C@@H]1C. The van der Waals surface area contributed by atoms with Crippen LogP contribution in [0.2, 0.25) is 0 Å². The molecule has 3 atom stereocenters. The molecule has 6 heteroatoms. The molecule has 0 unspecified atom stereocenters. The zero-order chi connectivity index (χ0) is 19.4. The van der Waals surface area contributed by atoms with E-state index in [9.17, 15) is 9.59 Å². The average Bonchev–Trinajstić information content (AvgIpc) is 2.67. The van der Waals surface area contributed by atoms with Crippen LogP contribution < -0.4 is 10.9 Å². The van der Waals surface area contributed by atoms with Crippen LogP contribution in [0.25, 0.3) is 10.9 Å². The Balaban J connectivity index is 1.99. The van der Waals surface area contributed by atoms with E-state index in [1.165, 1.54) is 18.2 Å². The number of amides is 1. The molecule has 1 fully saturated rings. The summed E-state index contributed by atoms with van der Waals surface area (Å²) in [5.74, 6) is 1.25. The fourth-order valence-electron chi connectivity index (χ4n) is 3.88. The lowest BCUT2D eigenvalue weighted by atomic mass is 9.78. The van der Waals surface area contributed by atoms with Gasteiger partial charge in [-0.05, 0) is 36.8 Å². The molecular formula is C21H29N3O2S. The van der Waals surface area contributed by atoms with Crippen molar-refractivity contribution >= 4 is 28.6 Å². The summed E-state index contributed by atoms with van der Waals surface area (Å²) in [7, 11) is 0. The summed E-state index contributed by atoms with van der Waals surface area (Å²) in [6.07, 6.45) is 4.22. The first-order valence-corrected chi connectivity index (χ1v) is 10.9. The van der Waals surface area contributed by atoms with Gasteiger partial charge in [-0.2, -0.15) is 0 Å². The molecule has 0 aliphatic heterocycles. The number of carbonyl (C=O) groups is 1. The third-order valence-electron chi connectivity index (χ3n) is 5.68. The minimum absolute atomic E-state index is 0.0131. The highest BCUT2D eigenvalue weighted by Crippen LogP contribution is 2.38. The molecule has 1 heterocycles. The lowest BCUT2D eigenvalue weighted by Gasteiger charge is -2.36. The quantitative estimate of drug-likeness (QED) is 0.601. The summed E-state index contributed by atoms with van der Waals surface area (Å²) >= 11 is 1.37. The van der Waals surface area contributed by atoms with Gasteiger partial charge in [-0.3, -0.25) is 14.2 Å². The van der Waals surface area contributed by atoms with Crippen molar-refractivity contribution in [3.05, 3.63) is 34.6 Å². The van der Waals surface area contributed by atoms with E-state index in [0.29, 0.717) is 34.4 Å². The Bertz CT molecular complexity index is 864. The highest BCUT2D eigenvalue weighted by Gasteiger charge is 2.31. The molecule has 2 aromatic rings. The molecule has 3 rings (SSSR count). The van der Waals surface area contributed by atoms with Crippen LogP contribution in [0, 0.1) is 11.8 Å². The van der Waals surface area contributed by atoms with E-state index >= 15 is 0 Å². The number of para-hydroxylation sites is 1. The van der Waals surface area contributed by atoms with Crippen molar-refractivity contribution in [3.8, 4) is 0 Å². The lowest BCUT2D eigenvalue weighted by Crippen LogP contribution is -2.35. The van der Waals surface area contributed by atoms with E-state index in [1.807, 2.05) is 35.8 Å². The third kappa shape index (κ3) is 4.37. The van der Waals surface area contributed by atoms with Crippen LogP contribution >= 0.6 is 11.8 Å². The number of carbonyl (C=O) groups excluding carboxylic acids is 1. The van der Waals surface area contributed by atoms with Gasteiger partial charge in [0.2, 0.25) is 5.91 Å². The number of aromatic nitrogens is 2. The summed E-state index contributed by atoms with van der Waals surface area (Å²) in [5.41, 5.74) is 0.717. The van der Waals surface area contributed by atoms with Gasteiger partial charge in [-0.15, -0.1) is 0 Å². The van der Waals surface area contributed by atoms with Crippen LogP contribution in [-0.4, -0.2) is 27.8 Å². The molecule has 1 aliphatic carbocycles. The predicted molar refractivity (Wildman–Crippen MR) is 111 cm³/mol. The van der Waals surface area contributed by atoms with Gasteiger partial charge in [0, 0.05) is 12.6 Å². The Kier molecular flexibility index (Phi) is 6.58. The van der Waals surface area contributed by atoms with Crippen molar-refractivity contribution in [2.45, 2.75) is 57.7 Å². The van der Waals surface area contributed by atoms with Crippen molar-refractivity contribution in [1.29, 1.82) is 0 Å². The van der Waals surface area contributed by atoms with Crippen molar-refractivity contribution in [1.82, 2.24) is 14.9 Å². The van der Waals surface area contributed by atoms with Crippen molar-refractivity contribution in [2.24, 2.45) is 11.8 Å². The first kappa shape index (κ1) is 19.9. The molecule has 0 spiro atoms. The van der Waals surface area contributed by atoms with E-state index in [4.69, 9.17) is 4.98 Å². The molecule has 1 amide bonds. The van der Waals surface area contributed by atoms with Crippen LogP contribution in [-0.2, 0) is 4.79 Å². The third-order valence-corrected chi connectivity index (χ3v) is 6.63. The molecule has 1 aliphatic rings. The Morgan fingerprint density at radius 2 is 2.07 bits per heavy atom. The summed E-state index contributed by atoms with van der Waals surface area (Å²) < 4.78 is 1.88. The van der Waals surface area contributed by atoms with Crippen molar-refractivity contribution in [2.75, 3.05) is 12.3 Å². The average molecular weight is 388 g/mol. The molecule has 1 saturated carbocycles. The van der Waals surface area contributed by atoms with Crippen LogP contribution in [0.3, 0.4) is 0 Å². The maximum Gasteiger partial charge on any atom is 0.262 e. The second-order valence-electron chi connectivity index (χ2n) is 7.56. The van der Waals surface area contributed by atoms with E-state index < -0.39 is 0 Å². The number of hydrogen-bond acceptors (Lipinski definition) is 4. The molecule has 0 radical (unpaired) electrons. The van der Waals surface area contributed by atoms with Crippen molar-refractivity contribution < 1.29 is 4.79 Å². The van der Waals surface area contributed by atoms with Gasteiger partial charge >= 0.3 is 0 Å². The predicted octanol–water partition coefficient (Wildman–Crippen LogP) is 4.01. The fourth-order valence-corrected chi connectivity index (χ4v) is 4.77. The maximum absolute atomic E-state index is 13.3.